The predicted octanol–water partition coefficient (Wildman–Crippen LogP) is 4.73. The van der Waals surface area contributed by atoms with Crippen molar-refractivity contribution < 1.29 is 4.79 Å². The minimum absolute atomic E-state index is 0.284. The molecule has 132 valence electrons. The third-order valence-corrected chi connectivity index (χ3v) is 7.34. The van der Waals surface area contributed by atoms with Crippen LogP contribution < -0.4 is 5.32 Å². The monoisotopic (exact) mass is 400 g/mol. The second kappa shape index (κ2) is 6.15. The molecule has 2 N–H and O–H groups in total. The summed E-state index contributed by atoms with van der Waals surface area (Å²) >= 11 is 3.58. The number of fused-ring (bicyclic) bond motifs is 5. The number of rotatable bonds is 3. The molecular weight excluding hydrogens is 376 g/mol. The fourth-order valence-corrected chi connectivity index (χ4v) is 6.02. The molecule has 2 fully saturated rings. The average Bonchev–Trinajstić information content (AvgIpc) is 3.28. The van der Waals surface area contributed by atoms with Gasteiger partial charge in [0.1, 0.15) is 0 Å². The number of aromatic amines is 1. The summed E-state index contributed by atoms with van der Waals surface area (Å²) in [6, 6.07) is 6.71. The first-order valence-electron chi connectivity index (χ1n) is 9.74. The topological polar surface area (TPSA) is 44.9 Å². The van der Waals surface area contributed by atoms with Crippen molar-refractivity contribution in [2.75, 3.05) is 0 Å². The van der Waals surface area contributed by atoms with E-state index < -0.39 is 0 Å². The van der Waals surface area contributed by atoms with Crippen molar-refractivity contribution in [3.05, 3.63) is 33.9 Å². The third-order valence-electron chi connectivity index (χ3n) is 6.85. The fraction of sp³-hybridized carbons (Fsp3) is 0.571. The van der Waals surface area contributed by atoms with Gasteiger partial charge < -0.3 is 10.3 Å². The Labute approximate surface area is 157 Å². The van der Waals surface area contributed by atoms with Crippen LogP contribution in [0.3, 0.4) is 0 Å². The molecule has 3 aliphatic rings. The highest BCUT2D eigenvalue weighted by Crippen LogP contribution is 2.49. The molecule has 3 aliphatic carbocycles. The Morgan fingerprint density at radius 2 is 2.16 bits per heavy atom. The molecule has 0 saturated heterocycles. The van der Waals surface area contributed by atoms with E-state index in [1.54, 1.807) is 0 Å². The molecule has 1 amide bonds. The van der Waals surface area contributed by atoms with Crippen molar-refractivity contribution in [1.29, 1.82) is 0 Å². The summed E-state index contributed by atoms with van der Waals surface area (Å²) in [5, 5.41) is 4.65. The summed E-state index contributed by atoms with van der Waals surface area (Å²) in [4.78, 5) is 16.1. The van der Waals surface area contributed by atoms with Crippen LogP contribution in [0.1, 0.15) is 49.8 Å². The van der Waals surface area contributed by atoms with Crippen molar-refractivity contribution in [3.8, 4) is 0 Å². The Morgan fingerprint density at radius 1 is 1.24 bits per heavy atom. The number of nitrogens with one attached hydrogen (secondary N) is 2. The van der Waals surface area contributed by atoms with E-state index in [2.05, 4.69) is 44.4 Å². The van der Waals surface area contributed by atoms with Crippen LogP contribution in [-0.4, -0.2) is 16.9 Å². The highest BCUT2D eigenvalue weighted by Gasteiger charge is 2.40. The number of aryl methyl sites for hydroxylation is 1. The Bertz CT molecular complexity index is 827. The van der Waals surface area contributed by atoms with Gasteiger partial charge in [-0.1, -0.05) is 22.4 Å². The van der Waals surface area contributed by atoms with Gasteiger partial charge in [-0.15, -0.1) is 0 Å². The number of hydrogen-bond acceptors (Lipinski definition) is 1. The summed E-state index contributed by atoms with van der Waals surface area (Å²) in [5.41, 5.74) is 3.96. The lowest BCUT2D eigenvalue weighted by Crippen LogP contribution is -2.39. The van der Waals surface area contributed by atoms with Gasteiger partial charge in [0.15, 0.2) is 0 Å². The maximum Gasteiger partial charge on any atom is 0.220 e. The van der Waals surface area contributed by atoms with Crippen LogP contribution in [0.25, 0.3) is 10.9 Å². The van der Waals surface area contributed by atoms with Crippen molar-refractivity contribution in [1.82, 2.24) is 10.3 Å². The molecule has 25 heavy (non-hydrogen) atoms. The van der Waals surface area contributed by atoms with Gasteiger partial charge >= 0.3 is 0 Å². The van der Waals surface area contributed by atoms with Gasteiger partial charge in [0.2, 0.25) is 5.91 Å². The fourth-order valence-electron chi connectivity index (χ4n) is 5.66. The Balaban J connectivity index is 1.26. The molecule has 3 nitrogen and oxygen atoms in total. The number of carbonyl (C=O) groups is 1. The number of H-pyrrole nitrogens is 1. The maximum atomic E-state index is 12.6. The van der Waals surface area contributed by atoms with Gasteiger partial charge in [-0.25, -0.2) is 0 Å². The first-order valence-corrected chi connectivity index (χ1v) is 10.5. The first kappa shape index (κ1) is 15.9. The second-order valence-electron chi connectivity index (χ2n) is 8.42. The number of benzene rings is 1. The summed E-state index contributed by atoms with van der Waals surface area (Å²) in [6.45, 7) is 0. The molecular formula is C21H25BrN2O. The van der Waals surface area contributed by atoms with E-state index in [4.69, 9.17) is 0 Å². The molecule has 4 heteroatoms. The van der Waals surface area contributed by atoms with Gasteiger partial charge in [-0.2, -0.15) is 0 Å². The van der Waals surface area contributed by atoms with Crippen LogP contribution in [0.5, 0.6) is 0 Å². The second-order valence-corrected chi connectivity index (χ2v) is 9.33. The summed E-state index contributed by atoms with van der Waals surface area (Å²) < 4.78 is 1.12. The number of aromatic nitrogens is 1. The maximum absolute atomic E-state index is 12.6. The number of hydrogen-bond donors (Lipinski definition) is 2. The molecule has 4 atom stereocenters. The van der Waals surface area contributed by atoms with E-state index in [1.807, 2.05) is 0 Å². The first-order chi connectivity index (χ1) is 12.2. The summed E-state index contributed by atoms with van der Waals surface area (Å²) in [6.07, 6.45) is 9.23. The minimum atomic E-state index is 0.284. The SMILES string of the molecule is O=C(C[C@@H]1C[C@@H]2CC[C@H]1C2)N[C@@H]1CCc2[nH]c3ccc(Br)cc3c2C1. The molecule has 1 aromatic carbocycles. The largest absolute Gasteiger partial charge is 0.358 e. The molecule has 0 radical (unpaired) electrons. The van der Waals surface area contributed by atoms with Crippen molar-refractivity contribution in [3.63, 3.8) is 0 Å². The average molecular weight is 401 g/mol. The Hall–Kier alpha value is -1.29. The molecule has 5 rings (SSSR count). The van der Waals surface area contributed by atoms with E-state index in [9.17, 15) is 4.79 Å². The van der Waals surface area contributed by atoms with Crippen LogP contribution >= 0.6 is 15.9 Å². The van der Waals surface area contributed by atoms with E-state index in [1.165, 1.54) is 47.8 Å². The zero-order valence-corrected chi connectivity index (χ0v) is 16.1. The molecule has 0 aliphatic heterocycles. The van der Waals surface area contributed by atoms with Crippen LogP contribution in [0.2, 0.25) is 0 Å². The van der Waals surface area contributed by atoms with Gasteiger partial charge in [-0.3, -0.25) is 4.79 Å². The van der Waals surface area contributed by atoms with E-state index in [0.29, 0.717) is 5.92 Å². The van der Waals surface area contributed by atoms with Gasteiger partial charge in [0, 0.05) is 33.5 Å². The molecule has 0 spiro atoms. The highest BCUT2D eigenvalue weighted by atomic mass is 79.9. The number of amides is 1. The summed E-state index contributed by atoms with van der Waals surface area (Å²) in [5.74, 6) is 2.69. The third kappa shape index (κ3) is 2.92. The summed E-state index contributed by atoms with van der Waals surface area (Å²) in [7, 11) is 0. The van der Waals surface area contributed by atoms with Crippen LogP contribution in [0.4, 0.5) is 0 Å². The minimum Gasteiger partial charge on any atom is -0.358 e. The highest BCUT2D eigenvalue weighted by molar-refractivity contribution is 9.10. The van der Waals surface area contributed by atoms with E-state index in [0.717, 1.165) is 42.0 Å². The van der Waals surface area contributed by atoms with Gasteiger partial charge in [0.25, 0.3) is 0 Å². The Morgan fingerprint density at radius 3 is 2.96 bits per heavy atom. The van der Waals surface area contributed by atoms with Crippen molar-refractivity contribution in [2.45, 2.75) is 57.4 Å². The molecule has 2 saturated carbocycles. The number of halogens is 1. The quantitative estimate of drug-likeness (QED) is 0.768. The predicted molar refractivity (Wildman–Crippen MR) is 104 cm³/mol. The van der Waals surface area contributed by atoms with E-state index in [-0.39, 0.29) is 11.9 Å². The smallest absolute Gasteiger partial charge is 0.220 e. The van der Waals surface area contributed by atoms with Crippen LogP contribution in [0, 0.1) is 17.8 Å². The Kier molecular flexibility index (Phi) is 3.92. The van der Waals surface area contributed by atoms with Gasteiger partial charge in [-0.05, 0) is 80.0 Å². The standard InChI is InChI=1S/C21H25BrN2O/c22-15-3-5-19-17(10-15)18-11-16(4-6-20(18)24-19)23-21(25)9-14-8-12-1-2-13(14)7-12/h3,5,10,12-14,16,24H,1-2,4,6-9,11H2,(H,23,25)/t12-,13+,14+,16-/m1/s1. The molecule has 2 aromatic rings. The van der Waals surface area contributed by atoms with Crippen LogP contribution in [-0.2, 0) is 17.6 Å². The molecule has 2 bridgehead atoms. The lowest BCUT2D eigenvalue weighted by molar-refractivity contribution is -0.123. The van der Waals surface area contributed by atoms with Crippen LogP contribution in [0.15, 0.2) is 22.7 Å². The zero-order valence-electron chi connectivity index (χ0n) is 14.5. The van der Waals surface area contributed by atoms with Gasteiger partial charge in [0.05, 0.1) is 0 Å². The normalized spacial score (nSPS) is 30.6. The van der Waals surface area contributed by atoms with Crippen molar-refractivity contribution >= 4 is 32.7 Å². The lowest BCUT2D eigenvalue weighted by Gasteiger charge is -2.26. The molecule has 1 aromatic heterocycles. The lowest BCUT2D eigenvalue weighted by atomic mass is 9.86. The zero-order chi connectivity index (χ0) is 17.0. The number of carbonyl (C=O) groups excluding carboxylic acids is 1. The van der Waals surface area contributed by atoms with E-state index >= 15 is 0 Å². The van der Waals surface area contributed by atoms with Crippen molar-refractivity contribution in [2.24, 2.45) is 17.8 Å². The molecule has 1 heterocycles. The molecule has 0 unspecified atom stereocenters.